The highest BCUT2D eigenvalue weighted by molar-refractivity contribution is 5.99. The summed E-state index contributed by atoms with van der Waals surface area (Å²) in [6.07, 6.45) is 0. The van der Waals surface area contributed by atoms with Gasteiger partial charge in [0.1, 0.15) is 11.5 Å². The topological polar surface area (TPSA) is 72.8 Å². The Bertz CT molecular complexity index is 681. The van der Waals surface area contributed by atoms with E-state index in [2.05, 4.69) is 4.74 Å². The lowest BCUT2D eigenvalue weighted by Crippen LogP contribution is -2.14. The van der Waals surface area contributed by atoms with Gasteiger partial charge in [-0.15, -0.1) is 0 Å². The first-order valence-corrected chi connectivity index (χ1v) is 6.50. The number of ether oxygens (including phenoxy) is 2. The van der Waals surface area contributed by atoms with E-state index in [0.29, 0.717) is 0 Å². The predicted molar refractivity (Wildman–Crippen MR) is 75.8 cm³/mol. The SMILES string of the molecule is O=C(COC(=O)c1ccc(O)cc1)c1ccc(OC(F)F)cc1. The molecule has 0 spiro atoms. The van der Waals surface area contributed by atoms with Crippen LogP contribution in [0.3, 0.4) is 0 Å². The number of alkyl halides is 2. The average Bonchev–Trinajstić information content (AvgIpc) is 2.53. The largest absolute Gasteiger partial charge is 0.508 e. The van der Waals surface area contributed by atoms with Crippen molar-refractivity contribution in [2.45, 2.75) is 6.61 Å². The number of carbonyl (C=O) groups is 2. The Morgan fingerprint density at radius 3 is 2.09 bits per heavy atom. The number of aromatic hydroxyl groups is 1. The zero-order valence-electron chi connectivity index (χ0n) is 11.7. The predicted octanol–water partition coefficient (Wildman–Crippen LogP) is 3.03. The quantitative estimate of drug-likeness (QED) is 0.654. The van der Waals surface area contributed by atoms with Crippen LogP contribution in [0.25, 0.3) is 0 Å². The Hall–Kier alpha value is -2.96. The minimum atomic E-state index is -2.94. The molecule has 2 aromatic carbocycles. The molecule has 0 heterocycles. The molecule has 0 saturated heterocycles. The van der Waals surface area contributed by atoms with Gasteiger partial charge in [0.25, 0.3) is 0 Å². The third-order valence-electron chi connectivity index (χ3n) is 2.84. The molecule has 0 atom stereocenters. The van der Waals surface area contributed by atoms with Crippen LogP contribution in [0.1, 0.15) is 20.7 Å². The van der Waals surface area contributed by atoms with Crippen molar-refractivity contribution < 1.29 is 33.0 Å². The first-order chi connectivity index (χ1) is 11.0. The smallest absolute Gasteiger partial charge is 0.387 e. The summed E-state index contributed by atoms with van der Waals surface area (Å²) in [5.74, 6) is -1.27. The summed E-state index contributed by atoms with van der Waals surface area (Å²) in [6, 6.07) is 10.4. The second-order valence-corrected chi connectivity index (χ2v) is 4.45. The van der Waals surface area contributed by atoms with Crippen LogP contribution >= 0.6 is 0 Å². The Morgan fingerprint density at radius 2 is 1.52 bits per heavy atom. The van der Waals surface area contributed by atoms with Gasteiger partial charge in [-0.25, -0.2) is 4.79 Å². The zero-order chi connectivity index (χ0) is 16.8. The number of benzene rings is 2. The maximum atomic E-state index is 12.0. The van der Waals surface area contributed by atoms with Crippen LogP contribution in [0.5, 0.6) is 11.5 Å². The van der Waals surface area contributed by atoms with Gasteiger partial charge in [-0.2, -0.15) is 8.78 Å². The molecule has 2 aromatic rings. The van der Waals surface area contributed by atoms with Gasteiger partial charge in [0.2, 0.25) is 0 Å². The number of carbonyl (C=O) groups excluding carboxylic acids is 2. The molecule has 23 heavy (non-hydrogen) atoms. The third-order valence-corrected chi connectivity index (χ3v) is 2.84. The highest BCUT2D eigenvalue weighted by Gasteiger charge is 2.12. The van der Waals surface area contributed by atoms with Crippen LogP contribution < -0.4 is 4.74 Å². The molecule has 5 nitrogen and oxygen atoms in total. The number of hydrogen-bond acceptors (Lipinski definition) is 5. The van der Waals surface area contributed by atoms with Gasteiger partial charge in [-0.05, 0) is 48.5 Å². The van der Waals surface area contributed by atoms with Crippen LogP contribution in [0.2, 0.25) is 0 Å². The van der Waals surface area contributed by atoms with Gasteiger partial charge in [0, 0.05) is 5.56 Å². The molecule has 0 aliphatic heterocycles. The van der Waals surface area contributed by atoms with Gasteiger partial charge in [-0.1, -0.05) is 0 Å². The number of halogens is 2. The molecule has 0 aromatic heterocycles. The molecule has 120 valence electrons. The summed E-state index contributed by atoms with van der Waals surface area (Å²) < 4.78 is 33.0. The standard InChI is InChI=1S/C16H12F2O5/c17-16(18)23-13-7-3-10(4-8-13)14(20)9-22-15(21)11-1-5-12(19)6-2-11/h1-8,16,19H,9H2. The summed E-state index contributed by atoms with van der Waals surface area (Å²) in [6.45, 7) is -3.43. The van der Waals surface area contributed by atoms with Crippen molar-refractivity contribution in [3.8, 4) is 11.5 Å². The van der Waals surface area contributed by atoms with Crippen LogP contribution in [0, 0.1) is 0 Å². The van der Waals surface area contributed by atoms with Gasteiger partial charge >= 0.3 is 12.6 Å². The third kappa shape index (κ3) is 4.77. The molecule has 0 saturated carbocycles. The van der Waals surface area contributed by atoms with E-state index >= 15 is 0 Å². The van der Waals surface area contributed by atoms with E-state index in [-0.39, 0.29) is 22.6 Å². The molecular weight excluding hydrogens is 310 g/mol. The fourth-order valence-corrected chi connectivity index (χ4v) is 1.72. The molecule has 2 rings (SSSR count). The number of phenols is 1. The number of rotatable bonds is 6. The highest BCUT2D eigenvalue weighted by Crippen LogP contribution is 2.15. The maximum Gasteiger partial charge on any atom is 0.387 e. The van der Waals surface area contributed by atoms with E-state index in [9.17, 15) is 18.4 Å². The van der Waals surface area contributed by atoms with Crippen molar-refractivity contribution in [2.24, 2.45) is 0 Å². The van der Waals surface area contributed by atoms with Crippen molar-refractivity contribution in [1.82, 2.24) is 0 Å². The van der Waals surface area contributed by atoms with Gasteiger partial charge in [0.05, 0.1) is 5.56 Å². The van der Waals surface area contributed by atoms with Crippen molar-refractivity contribution in [3.05, 3.63) is 59.7 Å². The number of phenolic OH excluding ortho intramolecular Hbond substituents is 1. The Morgan fingerprint density at radius 1 is 0.957 bits per heavy atom. The Kier molecular flexibility index (Phi) is 5.24. The van der Waals surface area contributed by atoms with Crippen molar-refractivity contribution in [1.29, 1.82) is 0 Å². The minimum absolute atomic E-state index is 0.00346. The molecule has 0 aliphatic carbocycles. The number of esters is 1. The highest BCUT2D eigenvalue weighted by atomic mass is 19.3. The Labute approximate surface area is 130 Å². The molecule has 0 fully saturated rings. The molecule has 0 bridgehead atoms. The summed E-state index contributed by atoms with van der Waals surface area (Å²) in [5, 5.41) is 9.12. The van der Waals surface area contributed by atoms with Gasteiger partial charge < -0.3 is 14.6 Å². The molecule has 0 radical (unpaired) electrons. The lowest BCUT2D eigenvalue weighted by molar-refractivity contribution is -0.0498. The molecule has 0 aliphatic rings. The van der Waals surface area contributed by atoms with E-state index in [1.165, 1.54) is 48.5 Å². The molecular formula is C16H12F2O5. The van der Waals surface area contributed by atoms with Gasteiger partial charge in [-0.3, -0.25) is 4.79 Å². The van der Waals surface area contributed by atoms with Crippen LogP contribution in [-0.4, -0.2) is 30.1 Å². The summed E-state index contributed by atoms with van der Waals surface area (Å²) in [7, 11) is 0. The van der Waals surface area contributed by atoms with Gasteiger partial charge in [0.15, 0.2) is 12.4 Å². The summed E-state index contributed by atoms with van der Waals surface area (Å²) >= 11 is 0. The van der Waals surface area contributed by atoms with E-state index in [0.717, 1.165) is 0 Å². The molecule has 0 unspecified atom stereocenters. The number of ketones is 1. The zero-order valence-corrected chi connectivity index (χ0v) is 11.7. The second kappa shape index (κ2) is 7.35. The monoisotopic (exact) mass is 322 g/mol. The van der Waals surface area contributed by atoms with E-state index < -0.39 is 25.0 Å². The summed E-state index contributed by atoms with van der Waals surface area (Å²) in [4.78, 5) is 23.6. The van der Waals surface area contributed by atoms with Crippen molar-refractivity contribution in [2.75, 3.05) is 6.61 Å². The maximum absolute atomic E-state index is 12.0. The number of Topliss-reactive ketones (excluding diaryl/α,β-unsaturated/α-hetero) is 1. The van der Waals surface area contributed by atoms with Crippen LogP contribution in [0.4, 0.5) is 8.78 Å². The van der Waals surface area contributed by atoms with Crippen molar-refractivity contribution in [3.63, 3.8) is 0 Å². The van der Waals surface area contributed by atoms with Crippen molar-refractivity contribution >= 4 is 11.8 Å². The van der Waals surface area contributed by atoms with E-state index in [4.69, 9.17) is 9.84 Å². The fraction of sp³-hybridized carbons (Fsp3) is 0.125. The Balaban J connectivity index is 1.91. The molecule has 0 amide bonds. The lowest BCUT2D eigenvalue weighted by Gasteiger charge is -2.06. The van der Waals surface area contributed by atoms with Crippen LogP contribution in [0.15, 0.2) is 48.5 Å². The molecule has 7 heteroatoms. The number of hydrogen-bond donors (Lipinski definition) is 1. The first-order valence-electron chi connectivity index (χ1n) is 6.50. The second-order valence-electron chi connectivity index (χ2n) is 4.45. The fourth-order valence-electron chi connectivity index (χ4n) is 1.72. The molecule has 1 N–H and O–H groups in total. The summed E-state index contributed by atoms with van der Waals surface area (Å²) in [5.41, 5.74) is 0.390. The van der Waals surface area contributed by atoms with Crippen LogP contribution in [-0.2, 0) is 4.74 Å². The average molecular weight is 322 g/mol. The van der Waals surface area contributed by atoms with E-state index in [1.54, 1.807) is 0 Å². The van der Waals surface area contributed by atoms with E-state index in [1.807, 2.05) is 0 Å². The normalized spacial score (nSPS) is 10.4. The minimum Gasteiger partial charge on any atom is -0.508 e. The lowest BCUT2D eigenvalue weighted by atomic mass is 10.1. The first kappa shape index (κ1) is 16.4.